The number of fused-ring (bicyclic) bond motifs is 3. The zero-order valence-corrected chi connectivity index (χ0v) is 25.0. The van der Waals surface area contributed by atoms with E-state index in [1.807, 2.05) is 18.2 Å². The van der Waals surface area contributed by atoms with Gasteiger partial charge in [0.1, 0.15) is 5.60 Å². The third-order valence-electron chi connectivity index (χ3n) is 7.89. The molecule has 8 nitrogen and oxygen atoms in total. The quantitative estimate of drug-likeness (QED) is 0.227. The summed E-state index contributed by atoms with van der Waals surface area (Å²) >= 11 is 0. The predicted molar refractivity (Wildman–Crippen MR) is 162 cm³/mol. The number of aliphatic hydroxyl groups is 1. The SMILES string of the molecule is C[Si](C)(C)CCS(=O)(=O)n1ccc2cccc(C3=Nc4ccccc4[C@]3(O)CCN3C(=O)c4ccccc4C3=O)c21. The molecule has 2 aliphatic rings. The maximum Gasteiger partial charge on any atom is 0.261 e. The predicted octanol–water partition coefficient (Wildman–Crippen LogP) is 5.17. The Kier molecular flexibility index (Phi) is 6.40. The molecule has 3 heterocycles. The minimum absolute atomic E-state index is 0.00617. The standard InChI is InChI=1S/C31H31N3O5SSi/c1-41(2,3)20-19-40(38,39)34-17-15-21-9-8-12-24(27(21)34)28-31(37,25-13-6-7-14-26(25)32-28)16-18-33-29(35)22-10-4-5-11-23(22)30(33)36/h4-15,17,37H,16,18-20H2,1-3H3/t31-/m1/s1. The van der Waals surface area contributed by atoms with E-state index in [4.69, 9.17) is 4.99 Å². The van der Waals surface area contributed by atoms with Gasteiger partial charge in [-0.3, -0.25) is 14.5 Å². The number of rotatable bonds is 8. The highest BCUT2D eigenvalue weighted by Gasteiger charge is 2.45. The molecular formula is C31H31N3O5SSi. The van der Waals surface area contributed by atoms with Gasteiger partial charge < -0.3 is 5.11 Å². The number of imide groups is 1. The van der Waals surface area contributed by atoms with Crippen molar-refractivity contribution in [1.29, 1.82) is 0 Å². The van der Waals surface area contributed by atoms with Crippen molar-refractivity contribution in [2.24, 2.45) is 4.99 Å². The average molecular weight is 586 g/mol. The second-order valence-corrected chi connectivity index (χ2v) is 19.5. The van der Waals surface area contributed by atoms with E-state index >= 15 is 0 Å². The van der Waals surface area contributed by atoms with Gasteiger partial charge in [-0.15, -0.1) is 0 Å². The maximum atomic E-state index is 13.6. The van der Waals surface area contributed by atoms with E-state index in [1.165, 1.54) is 3.97 Å². The number of hydrogen-bond acceptors (Lipinski definition) is 6. The molecule has 41 heavy (non-hydrogen) atoms. The summed E-state index contributed by atoms with van der Waals surface area (Å²) in [5, 5.41) is 13.1. The molecule has 0 spiro atoms. The Balaban J connectivity index is 1.42. The van der Waals surface area contributed by atoms with Gasteiger partial charge in [0.25, 0.3) is 11.8 Å². The van der Waals surface area contributed by atoms with Crippen LogP contribution in [0.5, 0.6) is 0 Å². The third-order valence-corrected chi connectivity index (χ3v) is 11.6. The molecule has 210 valence electrons. The van der Waals surface area contributed by atoms with Gasteiger partial charge in [0.2, 0.25) is 10.0 Å². The number of carbonyl (C=O) groups excluding carboxylic acids is 2. The zero-order chi connectivity index (χ0) is 29.2. The molecule has 1 aromatic heterocycles. The fraction of sp³-hybridized carbons (Fsp3) is 0.258. The third kappa shape index (κ3) is 4.56. The highest BCUT2D eigenvalue weighted by molar-refractivity contribution is 7.90. The lowest BCUT2D eigenvalue weighted by Crippen LogP contribution is -2.40. The van der Waals surface area contributed by atoms with Gasteiger partial charge in [0, 0.05) is 43.7 Å². The van der Waals surface area contributed by atoms with Crippen LogP contribution in [0.25, 0.3) is 10.9 Å². The normalized spacial score (nSPS) is 18.6. The Morgan fingerprint density at radius 2 is 1.49 bits per heavy atom. The van der Waals surface area contributed by atoms with Crippen molar-refractivity contribution >= 4 is 52.2 Å². The number of aliphatic imine (C=N–C) groups is 1. The lowest BCUT2D eigenvalue weighted by atomic mass is 9.83. The first-order chi connectivity index (χ1) is 19.4. The summed E-state index contributed by atoms with van der Waals surface area (Å²) < 4.78 is 28.5. The van der Waals surface area contributed by atoms with Gasteiger partial charge in [-0.1, -0.05) is 68.2 Å². The summed E-state index contributed by atoms with van der Waals surface area (Å²) in [6, 6.07) is 21.7. The van der Waals surface area contributed by atoms with Crippen molar-refractivity contribution in [3.63, 3.8) is 0 Å². The topological polar surface area (TPSA) is 109 Å². The van der Waals surface area contributed by atoms with Gasteiger partial charge in [0.15, 0.2) is 0 Å². The van der Waals surface area contributed by atoms with Crippen molar-refractivity contribution in [1.82, 2.24) is 8.87 Å². The summed E-state index contributed by atoms with van der Waals surface area (Å²) in [5.41, 5.74) is 1.36. The summed E-state index contributed by atoms with van der Waals surface area (Å²) in [5.74, 6) is -0.774. The second kappa shape index (κ2) is 9.61. The van der Waals surface area contributed by atoms with Gasteiger partial charge in [-0.2, -0.15) is 0 Å². The molecule has 3 aromatic carbocycles. The lowest BCUT2D eigenvalue weighted by molar-refractivity contribution is 0.0571. The molecule has 10 heteroatoms. The maximum absolute atomic E-state index is 13.6. The molecular weight excluding hydrogens is 555 g/mol. The second-order valence-electron chi connectivity index (χ2n) is 11.9. The molecule has 0 unspecified atom stereocenters. The van der Waals surface area contributed by atoms with E-state index < -0.39 is 35.5 Å². The summed E-state index contributed by atoms with van der Waals surface area (Å²) in [4.78, 5) is 32.1. The lowest BCUT2D eigenvalue weighted by Gasteiger charge is -2.29. The first-order valence-electron chi connectivity index (χ1n) is 13.6. The van der Waals surface area contributed by atoms with Crippen LogP contribution in [-0.2, 0) is 15.6 Å². The van der Waals surface area contributed by atoms with Crippen LogP contribution in [0.4, 0.5) is 5.69 Å². The Morgan fingerprint density at radius 1 is 0.854 bits per heavy atom. The molecule has 0 saturated carbocycles. The van der Waals surface area contributed by atoms with Crippen LogP contribution in [0.15, 0.2) is 84.0 Å². The van der Waals surface area contributed by atoms with E-state index in [9.17, 15) is 23.1 Å². The Hall–Kier alpha value is -3.86. The molecule has 0 bridgehead atoms. The molecule has 1 atom stereocenters. The number of nitrogens with zero attached hydrogens (tertiary/aromatic N) is 3. The highest BCUT2D eigenvalue weighted by Crippen LogP contribution is 2.44. The van der Waals surface area contributed by atoms with Gasteiger partial charge >= 0.3 is 0 Å². The molecule has 0 aliphatic carbocycles. The van der Waals surface area contributed by atoms with Crippen LogP contribution >= 0.6 is 0 Å². The minimum atomic E-state index is -3.69. The highest BCUT2D eigenvalue weighted by atomic mass is 32.2. The molecule has 2 aliphatic heterocycles. The largest absolute Gasteiger partial charge is 0.379 e. The molecule has 0 fully saturated rings. The number of benzene rings is 3. The summed E-state index contributed by atoms with van der Waals surface area (Å²) in [6.07, 6.45) is 1.56. The smallest absolute Gasteiger partial charge is 0.261 e. The fourth-order valence-corrected chi connectivity index (χ4v) is 10.0. The fourth-order valence-electron chi connectivity index (χ4n) is 5.63. The number of amides is 2. The molecule has 1 N–H and O–H groups in total. The first kappa shape index (κ1) is 27.3. The van der Waals surface area contributed by atoms with E-state index in [0.717, 1.165) is 4.90 Å². The monoisotopic (exact) mass is 585 g/mol. The molecule has 6 rings (SSSR count). The Labute approximate surface area is 240 Å². The van der Waals surface area contributed by atoms with E-state index in [0.29, 0.717) is 50.6 Å². The molecule has 4 aromatic rings. The van der Waals surface area contributed by atoms with Crippen LogP contribution < -0.4 is 0 Å². The number of hydrogen-bond donors (Lipinski definition) is 1. The van der Waals surface area contributed by atoms with Crippen molar-refractivity contribution in [3.05, 3.63) is 101 Å². The summed E-state index contributed by atoms with van der Waals surface area (Å²) in [6.45, 7) is 6.38. The number of carbonyl (C=O) groups is 2. The van der Waals surface area contributed by atoms with Crippen molar-refractivity contribution < 1.29 is 23.1 Å². The van der Waals surface area contributed by atoms with Gasteiger partial charge in [-0.25, -0.2) is 17.4 Å². The van der Waals surface area contributed by atoms with Crippen LogP contribution in [-0.4, -0.2) is 60.3 Å². The Bertz CT molecular complexity index is 1840. The van der Waals surface area contributed by atoms with E-state index in [1.54, 1.807) is 60.8 Å². The van der Waals surface area contributed by atoms with Gasteiger partial charge in [0.05, 0.1) is 33.8 Å². The van der Waals surface area contributed by atoms with Crippen LogP contribution in [0.2, 0.25) is 25.7 Å². The van der Waals surface area contributed by atoms with Gasteiger partial charge in [-0.05, 0) is 30.3 Å². The molecule has 0 radical (unpaired) electrons. The van der Waals surface area contributed by atoms with Crippen LogP contribution in [0.1, 0.15) is 38.3 Å². The molecule has 0 saturated heterocycles. The van der Waals surface area contributed by atoms with Crippen LogP contribution in [0.3, 0.4) is 0 Å². The summed E-state index contributed by atoms with van der Waals surface area (Å²) in [7, 11) is -5.31. The zero-order valence-electron chi connectivity index (χ0n) is 23.2. The van der Waals surface area contributed by atoms with E-state index in [2.05, 4.69) is 19.6 Å². The van der Waals surface area contributed by atoms with Crippen molar-refractivity contribution in [2.75, 3.05) is 12.3 Å². The number of aromatic nitrogens is 1. The molecule has 2 amide bonds. The minimum Gasteiger partial charge on any atom is -0.379 e. The first-order valence-corrected chi connectivity index (χ1v) is 18.9. The average Bonchev–Trinajstić information content (AvgIpc) is 3.58. The van der Waals surface area contributed by atoms with Crippen LogP contribution in [0, 0.1) is 0 Å². The Morgan fingerprint density at radius 3 is 2.17 bits per heavy atom. The van der Waals surface area contributed by atoms with Crippen molar-refractivity contribution in [3.8, 4) is 0 Å². The number of para-hydroxylation sites is 2. The van der Waals surface area contributed by atoms with Crippen molar-refractivity contribution in [2.45, 2.75) is 37.7 Å². The van der Waals surface area contributed by atoms with E-state index in [-0.39, 0.29) is 18.7 Å².